The van der Waals surface area contributed by atoms with Crippen molar-refractivity contribution < 1.29 is 14.3 Å². The fraction of sp³-hybridized carbons (Fsp3) is 0.417. The molecular weight excluding hydrogens is 519 g/mol. The lowest BCUT2D eigenvalue weighted by Crippen LogP contribution is -2.38. The fourth-order valence-electron chi connectivity index (χ4n) is 3.29. The Bertz CT molecular complexity index is 871. The van der Waals surface area contributed by atoms with Gasteiger partial charge in [-0.25, -0.2) is 0 Å². The van der Waals surface area contributed by atoms with Crippen molar-refractivity contribution in [3.63, 3.8) is 0 Å². The average molecular weight is 552 g/mol. The van der Waals surface area contributed by atoms with Gasteiger partial charge in [-0.2, -0.15) is 0 Å². The number of aryl methyl sites for hydroxylation is 1. The van der Waals surface area contributed by atoms with Crippen LogP contribution in [0.3, 0.4) is 0 Å². The zero-order chi connectivity index (χ0) is 21.9. The van der Waals surface area contributed by atoms with Crippen LogP contribution in [-0.4, -0.2) is 51.3 Å². The van der Waals surface area contributed by atoms with Crippen molar-refractivity contribution in [2.24, 2.45) is 4.99 Å². The molecule has 1 aliphatic rings. The van der Waals surface area contributed by atoms with Crippen molar-refractivity contribution in [2.75, 3.05) is 33.4 Å². The third-order valence-electron chi connectivity index (χ3n) is 5.04. The molecule has 174 valence electrons. The normalized spacial score (nSPS) is 15.6. The molecule has 3 rings (SSSR count). The number of ether oxygens (including phenoxy) is 2. The van der Waals surface area contributed by atoms with Crippen LogP contribution in [0.5, 0.6) is 5.75 Å². The Hall–Kier alpha value is -2.33. The second-order valence-electron chi connectivity index (χ2n) is 7.54. The summed E-state index contributed by atoms with van der Waals surface area (Å²) >= 11 is 0. The maximum absolute atomic E-state index is 12.0. The number of rotatable bonds is 9. The molecule has 0 aliphatic carbocycles. The van der Waals surface area contributed by atoms with Gasteiger partial charge >= 0.3 is 0 Å². The van der Waals surface area contributed by atoms with Gasteiger partial charge in [-0.1, -0.05) is 30.3 Å². The van der Waals surface area contributed by atoms with Gasteiger partial charge in [0.25, 0.3) is 5.91 Å². The second kappa shape index (κ2) is 13.9. The van der Waals surface area contributed by atoms with E-state index in [2.05, 4.69) is 46.1 Å². The van der Waals surface area contributed by atoms with E-state index in [0.29, 0.717) is 37.8 Å². The predicted octanol–water partition coefficient (Wildman–Crippen LogP) is 3.27. The van der Waals surface area contributed by atoms with Crippen LogP contribution in [0.25, 0.3) is 0 Å². The maximum Gasteiger partial charge on any atom is 0.251 e. The SMILES string of the molecule is CN=C(NCCCNC(=O)c1ccccc1)NCc1ccc(C)cc1OC1CCOC1.I. The first-order valence-electron chi connectivity index (χ1n) is 10.8. The van der Waals surface area contributed by atoms with Crippen LogP contribution < -0.4 is 20.7 Å². The van der Waals surface area contributed by atoms with Gasteiger partial charge in [0.1, 0.15) is 11.9 Å². The first-order chi connectivity index (χ1) is 15.2. The van der Waals surface area contributed by atoms with Crippen LogP contribution in [0.1, 0.15) is 34.3 Å². The minimum atomic E-state index is -0.0531. The number of carbonyl (C=O) groups excluding carboxylic acids is 1. The number of hydrogen-bond donors (Lipinski definition) is 3. The van der Waals surface area contributed by atoms with Gasteiger partial charge in [0.05, 0.1) is 13.2 Å². The molecule has 1 aliphatic heterocycles. The topological polar surface area (TPSA) is 84.0 Å². The highest BCUT2D eigenvalue weighted by molar-refractivity contribution is 14.0. The van der Waals surface area contributed by atoms with E-state index in [0.717, 1.165) is 36.3 Å². The lowest BCUT2D eigenvalue weighted by atomic mass is 10.1. The molecule has 7 nitrogen and oxygen atoms in total. The first kappa shape index (κ1) is 25.9. The molecule has 32 heavy (non-hydrogen) atoms. The van der Waals surface area contributed by atoms with Crippen molar-refractivity contribution in [1.29, 1.82) is 0 Å². The zero-order valence-electron chi connectivity index (χ0n) is 18.7. The number of halogens is 1. The summed E-state index contributed by atoms with van der Waals surface area (Å²) in [5, 5.41) is 9.55. The molecule has 1 saturated heterocycles. The summed E-state index contributed by atoms with van der Waals surface area (Å²) < 4.78 is 11.6. The second-order valence-corrected chi connectivity index (χ2v) is 7.54. The molecule has 0 spiro atoms. The standard InChI is InChI=1S/C24H32N4O3.HI/c1-18-9-10-20(22(15-18)31-21-11-14-30-17-21)16-28-24(25-2)27-13-6-12-26-23(29)19-7-4-3-5-8-19;/h3-5,7-10,15,21H,6,11-14,16-17H2,1-2H3,(H,26,29)(H2,25,27,28);1H. The molecule has 2 aromatic carbocycles. The van der Waals surface area contributed by atoms with Crippen LogP contribution >= 0.6 is 24.0 Å². The van der Waals surface area contributed by atoms with E-state index in [1.165, 1.54) is 0 Å². The van der Waals surface area contributed by atoms with Gasteiger partial charge in [0.2, 0.25) is 0 Å². The van der Waals surface area contributed by atoms with Crippen LogP contribution in [0, 0.1) is 6.92 Å². The van der Waals surface area contributed by atoms with Crippen LogP contribution in [-0.2, 0) is 11.3 Å². The summed E-state index contributed by atoms with van der Waals surface area (Å²) in [6.07, 6.45) is 1.83. The molecule has 8 heteroatoms. The highest BCUT2D eigenvalue weighted by Gasteiger charge is 2.18. The van der Waals surface area contributed by atoms with E-state index in [9.17, 15) is 4.79 Å². The van der Waals surface area contributed by atoms with Gasteiger partial charge in [-0.3, -0.25) is 9.79 Å². The molecule has 0 bridgehead atoms. The summed E-state index contributed by atoms with van der Waals surface area (Å²) in [6.45, 7) is 5.36. The molecule has 1 unspecified atom stereocenters. The molecule has 3 N–H and O–H groups in total. The number of aliphatic imine (C=N–C) groups is 1. The lowest BCUT2D eigenvalue weighted by Gasteiger charge is -2.18. The van der Waals surface area contributed by atoms with Crippen LogP contribution in [0.4, 0.5) is 0 Å². The van der Waals surface area contributed by atoms with E-state index in [-0.39, 0.29) is 36.0 Å². The van der Waals surface area contributed by atoms with E-state index >= 15 is 0 Å². The number of carbonyl (C=O) groups is 1. The number of guanidine groups is 1. The Morgan fingerprint density at radius 1 is 1.12 bits per heavy atom. The molecule has 2 aromatic rings. The van der Waals surface area contributed by atoms with Gasteiger partial charge in [-0.15, -0.1) is 24.0 Å². The Balaban J connectivity index is 0.00000363. The molecule has 1 heterocycles. The molecular formula is C24H33IN4O3. The Labute approximate surface area is 207 Å². The summed E-state index contributed by atoms with van der Waals surface area (Å²) in [7, 11) is 1.74. The summed E-state index contributed by atoms with van der Waals surface area (Å²) in [5.74, 6) is 1.55. The monoisotopic (exact) mass is 552 g/mol. The van der Waals surface area contributed by atoms with Gasteiger partial charge in [-0.05, 0) is 37.1 Å². The third-order valence-corrected chi connectivity index (χ3v) is 5.04. The largest absolute Gasteiger partial charge is 0.488 e. The minimum absolute atomic E-state index is 0. The predicted molar refractivity (Wildman–Crippen MR) is 138 cm³/mol. The highest BCUT2D eigenvalue weighted by Crippen LogP contribution is 2.23. The number of benzene rings is 2. The molecule has 0 aromatic heterocycles. The Morgan fingerprint density at radius 3 is 2.62 bits per heavy atom. The Morgan fingerprint density at radius 2 is 1.91 bits per heavy atom. The summed E-state index contributed by atoms with van der Waals surface area (Å²) in [5.41, 5.74) is 2.92. The number of nitrogens with zero attached hydrogens (tertiary/aromatic N) is 1. The third kappa shape index (κ3) is 8.31. The van der Waals surface area contributed by atoms with E-state index in [4.69, 9.17) is 9.47 Å². The average Bonchev–Trinajstić information content (AvgIpc) is 3.30. The van der Waals surface area contributed by atoms with Crippen molar-refractivity contribution in [3.05, 3.63) is 65.2 Å². The molecule has 1 atom stereocenters. The van der Waals surface area contributed by atoms with E-state index in [1.54, 1.807) is 7.05 Å². The molecule has 0 radical (unpaired) electrons. The maximum atomic E-state index is 12.0. The van der Waals surface area contributed by atoms with Crippen molar-refractivity contribution in [1.82, 2.24) is 16.0 Å². The summed E-state index contributed by atoms with van der Waals surface area (Å²) in [6, 6.07) is 15.5. The van der Waals surface area contributed by atoms with Gasteiger partial charge in [0, 0.05) is 44.2 Å². The number of amides is 1. The molecule has 1 amide bonds. The quantitative estimate of drug-likeness (QED) is 0.193. The minimum Gasteiger partial charge on any atom is -0.488 e. The van der Waals surface area contributed by atoms with Crippen LogP contribution in [0.2, 0.25) is 0 Å². The van der Waals surface area contributed by atoms with Crippen molar-refractivity contribution >= 4 is 35.8 Å². The van der Waals surface area contributed by atoms with Gasteiger partial charge in [0.15, 0.2) is 5.96 Å². The Kier molecular flexibility index (Phi) is 11.3. The van der Waals surface area contributed by atoms with Crippen LogP contribution in [0.15, 0.2) is 53.5 Å². The van der Waals surface area contributed by atoms with Gasteiger partial charge < -0.3 is 25.4 Å². The smallest absolute Gasteiger partial charge is 0.251 e. The lowest BCUT2D eigenvalue weighted by molar-refractivity contribution is 0.0953. The molecule has 0 saturated carbocycles. The van der Waals surface area contributed by atoms with E-state index < -0.39 is 0 Å². The summed E-state index contributed by atoms with van der Waals surface area (Å²) in [4.78, 5) is 16.3. The van der Waals surface area contributed by atoms with E-state index in [1.807, 2.05) is 30.3 Å². The zero-order valence-corrected chi connectivity index (χ0v) is 21.1. The number of hydrogen-bond acceptors (Lipinski definition) is 4. The van der Waals surface area contributed by atoms with Crippen molar-refractivity contribution in [3.8, 4) is 5.75 Å². The highest BCUT2D eigenvalue weighted by atomic mass is 127. The fourth-order valence-corrected chi connectivity index (χ4v) is 3.29. The first-order valence-corrected chi connectivity index (χ1v) is 10.8. The van der Waals surface area contributed by atoms with Crippen molar-refractivity contribution in [2.45, 2.75) is 32.4 Å². The molecule has 1 fully saturated rings. The number of nitrogens with one attached hydrogen (secondary N) is 3.